The standard InChI is InChI=1S/C12H20N2O3/c15-11(9-5-1-3-7-13-9)17-12(16)10-6-2-4-8-14-10/h9-10,13-14H,1-8H2/t9-,10-/m0/s1. The summed E-state index contributed by atoms with van der Waals surface area (Å²) in [6.07, 6.45) is 5.74. The Morgan fingerprint density at radius 2 is 1.29 bits per heavy atom. The molecule has 2 fully saturated rings. The van der Waals surface area contributed by atoms with Crippen molar-refractivity contribution >= 4 is 11.9 Å². The lowest BCUT2D eigenvalue weighted by Crippen LogP contribution is -2.46. The number of carbonyl (C=O) groups excluding carboxylic acids is 2. The molecule has 2 aliphatic heterocycles. The van der Waals surface area contributed by atoms with E-state index >= 15 is 0 Å². The highest BCUT2D eigenvalue weighted by Gasteiger charge is 2.28. The number of carbonyl (C=O) groups is 2. The lowest BCUT2D eigenvalue weighted by atomic mass is 10.0. The Bertz CT molecular complexity index is 253. The molecule has 2 rings (SSSR count). The van der Waals surface area contributed by atoms with Crippen LogP contribution in [0.4, 0.5) is 0 Å². The molecular weight excluding hydrogens is 220 g/mol. The molecule has 2 aliphatic rings. The van der Waals surface area contributed by atoms with Crippen LogP contribution in [-0.2, 0) is 14.3 Å². The van der Waals surface area contributed by atoms with E-state index in [9.17, 15) is 9.59 Å². The van der Waals surface area contributed by atoms with E-state index < -0.39 is 11.9 Å². The molecule has 5 nitrogen and oxygen atoms in total. The Kier molecular flexibility index (Phi) is 4.50. The quantitative estimate of drug-likeness (QED) is 0.538. The van der Waals surface area contributed by atoms with Gasteiger partial charge in [0.25, 0.3) is 0 Å². The van der Waals surface area contributed by atoms with Crippen molar-refractivity contribution in [3.8, 4) is 0 Å². The first-order valence-corrected chi connectivity index (χ1v) is 6.49. The second kappa shape index (κ2) is 6.12. The minimum absolute atomic E-state index is 0.295. The predicted octanol–water partition coefficient (Wildman–Crippen LogP) is 0.340. The molecule has 2 saturated heterocycles. The predicted molar refractivity (Wildman–Crippen MR) is 62.4 cm³/mol. The van der Waals surface area contributed by atoms with E-state index in [0.29, 0.717) is 0 Å². The summed E-state index contributed by atoms with van der Waals surface area (Å²) in [7, 11) is 0. The summed E-state index contributed by atoms with van der Waals surface area (Å²) < 4.78 is 4.93. The molecule has 17 heavy (non-hydrogen) atoms. The lowest BCUT2D eigenvalue weighted by molar-refractivity contribution is -0.163. The van der Waals surface area contributed by atoms with Crippen LogP contribution in [0.15, 0.2) is 0 Å². The average molecular weight is 240 g/mol. The van der Waals surface area contributed by atoms with Gasteiger partial charge in [-0.05, 0) is 38.8 Å². The largest absolute Gasteiger partial charge is 0.391 e. The van der Waals surface area contributed by atoms with E-state index in [4.69, 9.17) is 4.74 Å². The first-order chi connectivity index (χ1) is 8.27. The minimum atomic E-state index is -0.415. The first-order valence-electron chi connectivity index (χ1n) is 6.49. The van der Waals surface area contributed by atoms with Crippen LogP contribution in [0.3, 0.4) is 0 Å². The number of piperidine rings is 2. The second-order valence-corrected chi connectivity index (χ2v) is 4.75. The van der Waals surface area contributed by atoms with Crippen LogP contribution in [0.25, 0.3) is 0 Å². The molecule has 0 amide bonds. The zero-order chi connectivity index (χ0) is 12.1. The number of esters is 2. The Morgan fingerprint density at radius 3 is 1.65 bits per heavy atom. The van der Waals surface area contributed by atoms with Crippen molar-refractivity contribution in [1.82, 2.24) is 10.6 Å². The summed E-state index contributed by atoms with van der Waals surface area (Å²) in [5.41, 5.74) is 0. The molecule has 0 bridgehead atoms. The Labute approximate surface area is 101 Å². The van der Waals surface area contributed by atoms with Gasteiger partial charge >= 0.3 is 11.9 Å². The monoisotopic (exact) mass is 240 g/mol. The third kappa shape index (κ3) is 3.51. The molecule has 0 unspecified atom stereocenters. The van der Waals surface area contributed by atoms with Crippen molar-refractivity contribution in [2.24, 2.45) is 0 Å². The minimum Gasteiger partial charge on any atom is -0.391 e. The fourth-order valence-electron chi connectivity index (χ4n) is 2.35. The average Bonchev–Trinajstić information content (AvgIpc) is 2.40. The molecule has 0 aromatic carbocycles. The molecule has 2 N–H and O–H groups in total. The normalized spacial score (nSPS) is 29.6. The van der Waals surface area contributed by atoms with Gasteiger partial charge in [0.05, 0.1) is 0 Å². The highest BCUT2D eigenvalue weighted by Crippen LogP contribution is 2.11. The highest BCUT2D eigenvalue weighted by molar-refractivity contribution is 5.90. The highest BCUT2D eigenvalue weighted by atomic mass is 16.6. The molecule has 0 aromatic rings. The molecule has 96 valence electrons. The van der Waals surface area contributed by atoms with E-state index in [1.54, 1.807) is 0 Å². The van der Waals surface area contributed by atoms with Crippen LogP contribution >= 0.6 is 0 Å². The van der Waals surface area contributed by atoms with Gasteiger partial charge in [-0.3, -0.25) is 0 Å². The van der Waals surface area contributed by atoms with Crippen LogP contribution < -0.4 is 10.6 Å². The smallest absolute Gasteiger partial charge is 0.330 e. The third-order valence-electron chi connectivity index (χ3n) is 3.39. The molecular formula is C12H20N2O3. The maximum atomic E-state index is 11.7. The van der Waals surface area contributed by atoms with Crippen molar-refractivity contribution in [1.29, 1.82) is 0 Å². The summed E-state index contributed by atoms with van der Waals surface area (Å²) in [5, 5.41) is 6.16. The Morgan fingerprint density at radius 1 is 0.824 bits per heavy atom. The zero-order valence-electron chi connectivity index (χ0n) is 10.0. The van der Waals surface area contributed by atoms with E-state index in [-0.39, 0.29) is 12.1 Å². The molecule has 0 aromatic heterocycles. The van der Waals surface area contributed by atoms with Crippen molar-refractivity contribution < 1.29 is 14.3 Å². The third-order valence-corrected chi connectivity index (χ3v) is 3.39. The number of hydrogen-bond acceptors (Lipinski definition) is 5. The molecule has 5 heteroatoms. The summed E-state index contributed by atoms with van der Waals surface area (Å²) in [4.78, 5) is 23.4. The van der Waals surface area contributed by atoms with Crippen LogP contribution in [0.5, 0.6) is 0 Å². The summed E-state index contributed by atoms with van der Waals surface area (Å²) >= 11 is 0. The fourth-order valence-corrected chi connectivity index (χ4v) is 2.35. The van der Waals surface area contributed by atoms with Gasteiger partial charge in [-0.2, -0.15) is 0 Å². The summed E-state index contributed by atoms with van der Waals surface area (Å²) in [6.45, 7) is 1.66. The van der Waals surface area contributed by atoms with Crippen molar-refractivity contribution in [2.45, 2.75) is 50.6 Å². The number of hydrogen-bond donors (Lipinski definition) is 2. The van der Waals surface area contributed by atoms with Crippen LogP contribution in [-0.4, -0.2) is 37.1 Å². The van der Waals surface area contributed by atoms with Crippen molar-refractivity contribution in [3.63, 3.8) is 0 Å². The Hall–Kier alpha value is -0.940. The van der Waals surface area contributed by atoms with Crippen molar-refractivity contribution in [3.05, 3.63) is 0 Å². The molecule has 0 aliphatic carbocycles. The van der Waals surface area contributed by atoms with E-state index in [1.165, 1.54) is 0 Å². The van der Waals surface area contributed by atoms with Gasteiger partial charge in [0.15, 0.2) is 0 Å². The number of nitrogens with one attached hydrogen (secondary N) is 2. The van der Waals surface area contributed by atoms with Crippen LogP contribution in [0, 0.1) is 0 Å². The molecule has 0 saturated carbocycles. The van der Waals surface area contributed by atoms with E-state index in [1.807, 2.05) is 0 Å². The second-order valence-electron chi connectivity index (χ2n) is 4.75. The number of rotatable bonds is 2. The van der Waals surface area contributed by atoms with Gasteiger partial charge in [-0.25, -0.2) is 9.59 Å². The van der Waals surface area contributed by atoms with Gasteiger partial charge in [0.1, 0.15) is 12.1 Å². The van der Waals surface area contributed by atoms with Gasteiger partial charge in [0.2, 0.25) is 0 Å². The topological polar surface area (TPSA) is 67.4 Å². The van der Waals surface area contributed by atoms with Crippen LogP contribution in [0.1, 0.15) is 38.5 Å². The Balaban J connectivity index is 1.78. The molecule has 0 radical (unpaired) electrons. The van der Waals surface area contributed by atoms with Gasteiger partial charge < -0.3 is 15.4 Å². The van der Waals surface area contributed by atoms with Gasteiger partial charge in [-0.15, -0.1) is 0 Å². The van der Waals surface area contributed by atoms with E-state index in [0.717, 1.165) is 51.6 Å². The molecule has 0 spiro atoms. The van der Waals surface area contributed by atoms with Gasteiger partial charge in [0, 0.05) is 0 Å². The maximum absolute atomic E-state index is 11.7. The number of ether oxygens (including phenoxy) is 1. The maximum Gasteiger partial charge on any atom is 0.330 e. The van der Waals surface area contributed by atoms with Crippen molar-refractivity contribution in [2.75, 3.05) is 13.1 Å². The molecule has 2 heterocycles. The fraction of sp³-hybridized carbons (Fsp3) is 0.833. The molecule has 2 atom stereocenters. The first kappa shape index (κ1) is 12.5. The van der Waals surface area contributed by atoms with Gasteiger partial charge in [-0.1, -0.05) is 12.8 Å². The van der Waals surface area contributed by atoms with Crippen LogP contribution in [0.2, 0.25) is 0 Å². The zero-order valence-corrected chi connectivity index (χ0v) is 10.0. The lowest BCUT2D eigenvalue weighted by Gasteiger charge is -2.24. The summed E-state index contributed by atoms with van der Waals surface area (Å²) in [6, 6.07) is -0.590. The van der Waals surface area contributed by atoms with E-state index in [2.05, 4.69) is 10.6 Å². The summed E-state index contributed by atoms with van der Waals surface area (Å²) in [5.74, 6) is -0.829. The SMILES string of the molecule is O=C(OC(=O)[C@@H]1CCCCN1)[C@@H]1CCCCN1.